The number of thiophene rings is 1. The largest absolute Gasteiger partial charge is 0.497 e. The van der Waals surface area contributed by atoms with E-state index in [0.717, 1.165) is 22.1 Å². The number of hydrogen-bond donors (Lipinski definition) is 1. The van der Waals surface area contributed by atoms with Gasteiger partial charge in [-0.1, -0.05) is 18.2 Å². The van der Waals surface area contributed by atoms with Gasteiger partial charge in [0.05, 0.1) is 13.2 Å². The molecule has 2 aromatic carbocycles. The molecule has 0 amide bonds. The van der Waals surface area contributed by atoms with Gasteiger partial charge in [-0.15, -0.1) is 0 Å². The van der Waals surface area contributed by atoms with Crippen molar-refractivity contribution in [3.8, 4) is 5.75 Å². The van der Waals surface area contributed by atoms with Crippen LogP contribution in [0, 0.1) is 0 Å². The van der Waals surface area contributed by atoms with Crippen molar-refractivity contribution in [2.45, 2.75) is 12.5 Å². The van der Waals surface area contributed by atoms with Crippen LogP contribution >= 0.6 is 11.3 Å². The van der Waals surface area contributed by atoms with Crippen molar-refractivity contribution < 1.29 is 9.84 Å². The summed E-state index contributed by atoms with van der Waals surface area (Å²) in [5.74, 6) is 0.851. The zero-order chi connectivity index (χ0) is 13.9. The Morgan fingerprint density at radius 2 is 1.90 bits per heavy atom. The first kappa shape index (κ1) is 13.2. The normalized spacial score (nSPS) is 12.5. The summed E-state index contributed by atoms with van der Waals surface area (Å²) in [6.45, 7) is 0. The third-order valence-electron chi connectivity index (χ3n) is 3.47. The van der Waals surface area contributed by atoms with Crippen LogP contribution in [0.15, 0.2) is 53.2 Å². The summed E-state index contributed by atoms with van der Waals surface area (Å²) >= 11 is 1.66. The van der Waals surface area contributed by atoms with Crippen molar-refractivity contribution in [1.29, 1.82) is 0 Å². The number of fused-ring (bicyclic) bond motifs is 1. The highest BCUT2D eigenvalue weighted by Crippen LogP contribution is 2.26. The third kappa shape index (κ3) is 2.69. The van der Waals surface area contributed by atoms with E-state index < -0.39 is 6.10 Å². The molecule has 1 heterocycles. The molecule has 1 atom stereocenters. The van der Waals surface area contributed by atoms with Gasteiger partial charge in [0.15, 0.2) is 0 Å². The van der Waals surface area contributed by atoms with Gasteiger partial charge in [0.2, 0.25) is 0 Å². The Balaban J connectivity index is 1.88. The van der Waals surface area contributed by atoms with Crippen molar-refractivity contribution in [3.63, 3.8) is 0 Å². The summed E-state index contributed by atoms with van der Waals surface area (Å²) < 4.78 is 5.22. The zero-order valence-corrected chi connectivity index (χ0v) is 12.1. The first-order valence-corrected chi connectivity index (χ1v) is 7.47. The molecule has 3 heteroatoms. The van der Waals surface area contributed by atoms with Gasteiger partial charge in [0.25, 0.3) is 0 Å². The molecular formula is C17H16O2S. The Morgan fingerprint density at radius 3 is 2.65 bits per heavy atom. The molecule has 1 aromatic heterocycles. The molecule has 3 rings (SSSR count). The quantitative estimate of drug-likeness (QED) is 0.778. The molecule has 0 aliphatic heterocycles. The Hall–Kier alpha value is -1.84. The SMILES string of the molecule is COc1ccc2cc(C(O)Cc3ccsc3)ccc2c1. The van der Waals surface area contributed by atoms with Crippen molar-refractivity contribution in [2.24, 2.45) is 0 Å². The molecule has 1 N–H and O–H groups in total. The maximum Gasteiger partial charge on any atom is 0.119 e. The van der Waals surface area contributed by atoms with E-state index in [9.17, 15) is 5.11 Å². The van der Waals surface area contributed by atoms with Crippen LogP contribution in [0.2, 0.25) is 0 Å². The monoisotopic (exact) mass is 284 g/mol. The number of aliphatic hydroxyl groups is 1. The van der Waals surface area contributed by atoms with Crippen LogP contribution in [0.25, 0.3) is 10.8 Å². The summed E-state index contributed by atoms with van der Waals surface area (Å²) in [6.07, 6.45) is 0.196. The second-order valence-electron chi connectivity index (χ2n) is 4.82. The minimum atomic E-state index is -0.462. The maximum absolute atomic E-state index is 10.3. The Bertz CT molecular complexity index is 704. The Labute approximate surface area is 122 Å². The lowest BCUT2D eigenvalue weighted by Crippen LogP contribution is -2.00. The topological polar surface area (TPSA) is 29.5 Å². The van der Waals surface area contributed by atoms with E-state index in [4.69, 9.17) is 4.74 Å². The summed E-state index contributed by atoms with van der Waals surface area (Å²) in [6, 6.07) is 14.1. The summed E-state index contributed by atoms with van der Waals surface area (Å²) in [5, 5.41) is 16.7. The third-order valence-corrected chi connectivity index (χ3v) is 4.20. The predicted molar refractivity (Wildman–Crippen MR) is 83.5 cm³/mol. The van der Waals surface area contributed by atoms with E-state index in [1.807, 2.05) is 41.8 Å². The van der Waals surface area contributed by atoms with Crippen LogP contribution in [-0.2, 0) is 6.42 Å². The highest BCUT2D eigenvalue weighted by molar-refractivity contribution is 7.07. The fourth-order valence-electron chi connectivity index (χ4n) is 2.33. The molecule has 0 saturated carbocycles. The van der Waals surface area contributed by atoms with Crippen LogP contribution in [0.5, 0.6) is 5.75 Å². The second kappa shape index (κ2) is 5.65. The van der Waals surface area contributed by atoms with Crippen molar-refractivity contribution in [3.05, 3.63) is 64.4 Å². The molecule has 0 bridgehead atoms. The Kier molecular flexibility index (Phi) is 3.72. The van der Waals surface area contributed by atoms with Gasteiger partial charge in [-0.25, -0.2) is 0 Å². The van der Waals surface area contributed by atoms with Crippen LogP contribution in [0.4, 0.5) is 0 Å². The first-order valence-electron chi connectivity index (χ1n) is 6.53. The van der Waals surface area contributed by atoms with Gasteiger partial charge < -0.3 is 9.84 Å². The lowest BCUT2D eigenvalue weighted by atomic mass is 10.00. The standard InChI is InChI=1S/C17H16O2S/c1-19-16-5-4-13-9-15(3-2-14(13)10-16)17(18)8-12-6-7-20-11-12/h2-7,9-11,17-18H,8H2,1H3. The average molecular weight is 284 g/mol. The van der Waals surface area contributed by atoms with Crippen molar-refractivity contribution in [1.82, 2.24) is 0 Å². The molecular weight excluding hydrogens is 268 g/mol. The van der Waals surface area contributed by atoms with Crippen LogP contribution in [-0.4, -0.2) is 12.2 Å². The van der Waals surface area contributed by atoms with Crippen LogP contribution < -0.4 is 4.74 Å². The van der Waals surface area contributed by atoms with Crippen molar-refractivity contribution >= 4 is 22.1 Å². The summed E-state index contributed by atoms with van der Waals surface area (Å²) in [5.41, 5.74) is 2.13. The fourth-order valence-corrected chi connectivity index (χ4v) is 3.01. The highest BCUT2D eigenvalue weighted by Gasteiger charge is 2.09. The maximum atomic E-state index is 10.3. The molecule has 0 aliphatic rings. The van der Waals surface area contributed by atoms with E-state index in [1.165, 1.54) is 5.56 Å². The summed E-state index contributed by atoms with van der Waals surface area (Å²) in [7, 11) is 1.67. The van der Waals surface area contributed by atoms with E-state index >= 15 is 0 Å². The van der Waals surface area contributed by atoms with Crippen LogP contribution in [0.1, 0.15) is 17.2 Å². The van der Waals surface area contributed by atoms with Gasteiger partial charge >= 0.3 is 0 Å². The van der Waals surface area contributed by atoms with Crippen LogP contribution in [0.3, 0.4) is 0 Å². The van der Waals surface area contributed by atoms with Gasteiger partial charge in [-0.05, 0) is 56.9 Å². The Morgan fingerprint density at radius 1 is 1.10 bits per heavy atom. The van der Waals surface area contributed by atoms with Gasteiger partial charge in [-0.3, -0.25) is 0 Å². The lowest BCUT2D eigenvalue weighted by molar-refractivity contribution is 0.179. The smallest absolute Gasteiger partial charge is 0.119 e. The molecule has 102 valence electrons. The fraction of sp³-hybridized carbons (Fsp3) is 0.176. The number of ether oxygens (including phenoxy) is 1. The summed E-state index contributed by atoms with van der Waals surface area (Å²) in [4.78, 5) is 0. The molecule has 20 heavy (non-hydrogen) atoms. The van der Waals surface area contributed by atoms with E-state index in [-0.39, 0.29) is 0 Å². The minimum absolute atomic E-state index is 0.462. The number of aliphatic hydroxyl groups excluding tert-OH is 1. The number of rotatable bonds is 4. The predicted octanol–water partition coefficient (Wildman–Crippen LogP) is 4.19. The van der Waals surface area contributed by atoms with Gasteiger partial charge in [0.1, 0.15) is 5.75 Å². The number of benzene rings is 2. The van der Waals surface area contributed by atoms with Gasteiger partial charge in [-0.2, -0.15) is 11.3 Å². The molecule has 0 aliphatic carbocycles. The molecule has 0 saturated heterocycles. The van der Waals surface area contributed by atoms with E-state index in [0.29, 0.717) is 6.42 Å². The van der Waals surface area contributed by atoms with E-state index in [1.54, 1.807) is 18.4 Å². The zero-order valence-electron chi connectivity index (χ0n) is 11.2. The lowest BCUT2D eigenvalue weighted by Gasteiger charge is -2.11. The minimum Gasteiger partial charge on any atom is -0.497 e. The number of methoxy groups -OCH3 is 1. The van der Waals surface area contributed by atoms with Gasteiger partial charge in [0, 0.05) is 6.42 Å². The number of hydrogen-bond acceptors (Lipinski definition) is 3. The molecule has 2 nitrogen and oxygen atoms in total. The molecule has 1 unspecified atom stereocenters. The second-order valence-corrected chi connectivity index (χ2v) is 5.60. The molecule has 3 aromatic rings. The first-order chi connectivity index (χ1) is 9.76. The molecule has 0 fully saturated rings. The molecule has 0 spiro atoms. The molecule has 0 radical (unpaired) electrons. The highest BCUT2D eigenvalue weighted by atomic mass is 32.1. The average Bonchev–Trinajstić information content (AvgIpc) is 2.99. The van der Waals surface area contributed by atoms with Crippen molar-refractivity contribution in [2.75, 3.05) is 7.11 Å². The van der Waals surface area contributed by atoms with E-state index in [2.05, 4.69) is 11.4 Å².